The number of hydrogen-bond donors (Lipinski definition) is 1. The van der Waals surface area contributed by atoms with E-state index in [1.807, 2.05) is 16.9 Å². The molecule has 0 bridgehead atoms. The number of carbonyl (C=O) groups is 1. The molecule has 1 aromatic heterocycles. The lowest BCUT2D eigenvalue weighted by Crippen LogP contribution is -2.08. The lowest BCUT2D eigenvalue weighted by atomic mass is 10.3. The first-order valence-electron chi connectivity index (χ1n) is 4.97. The number of nitrogens with zero attached hydrogens (tertiary/aromatic N) is 2. The zero-order chi connectivity index (χ0) is 11.3. The number of aromatic nitrogens is 2. The van der Waals surface area contributed by atoms with E-state index in [0.29, 0.717) is 6.04 Å². The molecule has 0 spiro atoms. The lowest BCUT2D eigenvalue weighted by Gasteiger charge is -2.07. The summed E-state index contributed by atoms with van der Waals surface area (Å²) in [7, 11) is 0. The highest BCUT2D eigenvalue weighted by Crippen LogP contribution is 2.09. The Bertz CT molecular complexity index is 322. The van der Waals surface area contributed by atoms with Gasteiger partial charge in [-0.05, 0) is 19.4 Å². The minimum atomic E-state index is -0.962. The van der Waals surface area contributed by atoms with E-state index in [1.165, 1.54) is 0 Å². The summed E-state index contributed by atoms with van der Waals surface area (Å²) in [6, 6.07) is 2.20. The third-order valence-electron chi connectivity index (χ3n) is 2.18. The number of aliphatic carboxylic acids is 1. The van der Waals surface area contributed by atoms with Crippen LogP contribution in [-0.2, 0) is 16.1 Å². The molecule has 0 aliphatic heterocycles. The molecule has 1 rings (SSSR count). The normalized spacial score (nSPS) is 12.7. The second-order valence-electron chi connectivity index (χ2n) is 3.43. The molecule has 0 aromatic carbocycles. The fourth-order valence-electron chi connectivity index (χ4n) is 1.13. The summed E-state index contributed by atoms with van der Waals surface area (Å²) in [4.78, 5) is 10.2. The average molecular weight is 212 g/mol. The van der Waals surface area contributed by atoms with Gasteiger partial charge in [0.15, 0.2) is 0 Å². The minimum absolute atomic E-state index is 0.246. The molecular weight excluding hydrogens is 196 g/mol. The molecule has 0 amide bonds. The fraction of sp³-hybridized carbons (Fsp3) is 0.600. The Hall–Kier alpha value is -1.36. The smallest absolute Gasteiger partial charge is 0.329 e. The summed E-state index contributed by atoms with van der Waals surface area (Å²) in [5, 5.41) is 12.6. The molecule has 1 unspecified atom stereocenters. The molecule has 0 aliphatic rings. The van der Waals surface area contributed by atoms with E-state index in [0.717, 1.165) is 12.1 Å². The van der Waals surface area contributed by atoms with E-state index in [9.17, 15) is 4.79 Å². The van der Waals surface area contributed by atoms with Gasteiger partial charge in [-0.3, -0.25) is 4.68 Å². The Labute approximate surface area is 88.7 Å². The lowest BCUT2D eigenvalue weighted by molar-refractivity contribution is -0.142. The minimum Gasteiger partial charge on any atom is -0.480 e. The number of hydrogen-bond acceptors (Lipinski definition) is 3. The van der Waals surface area contributed by atoms with Crippen LogP contribution in [-0.4, -0.2) is 27.5 Å². The fourth-order valence-corrected chi connectivity index (χ4v) is 1.13. The highest BCUT2D eigenvalue weighted by atomic mass is 16.5. The van der Waals surface area contributed by atoms with E-state index >= 15 is 0 Å². The maximum Gasteiger partial charge on any atom is 0.329 e. The van der Waals surface area contributed by atoms with Gasteiger partial charge in [-0.25, -0.2) is 4.79 Å². The Kier molecular flexibility index (Phi) is 4.30. The van der Waals surface area contributed by atoms with Gasteiger partial charge >= 0.3 is 5.97 Å². The van der Waals surface area contributed by atoms with E-state index < -0.39 is 5.97 Å². The van der Waals surface area contributed by atoms with Crippen molar-refractivity contribution in [2.75, 3.05) is 6.61 Å². The van der Waals surface area contributed by atoms with Gasteiger partial charge < -0.3 is 9.84 Å². The van der Waals surface area contributed by atoms with Gasteiger partial charge in [0.05, 0.1) is 12.3 Å². The zero-order valence-electron chi connectivity index (χ0n) is 9.01. The maximum atomic E-state index is 10.2. The van der Waals surface area contributed by atoms with Crippen LogP contribution in [0.25, 0.3) is 0 Å². The van der Waals surface area contributed by atoms with Crippen molar-refractivity contribution in [2.45, 2.75) is 32.9 Å². The molecule has 84 valence electrons. The molecule has 1 heterocycles. The van der Waals surface area contributed by atoms with Crippen LogP contribution in [0.15, 0.2) is 12.3 Å². The monoisotopic (exact) mass is 212 g/mol. The number of ether oxygens (including phenoxy) is 1. The summed E-state index contributed by atoms with van der Waals surface area (Å²) >= 11 is 0. The largest absolute Gasteiger partial charge is 0.480 e. The van der Waals surface area contributed by atoms with Crippen LogP contribution in [0.5, 0.6) is 0 Å². The predicted octanol–water partition coefficient (Wildman–Crippen LogP) is 1.46. The molecule has 1 aromatic rings. The van der Waals surface area contributed by atoms with Crippen LogP contribution < -0.4 is 0 Å². The molecule has 1 atom stereocenters. The van der Waals surface area contributed by atoms with E-state index in [4.69, 9.17) is 9.84 Å². The first-order chi connectivity index (χ1) is 7.13. The standard InChI is InChI=1S/C10H16N2O3/c1-3-8(2)12-5-4-9(11-12)6-15-7-10(13)14/h4-5,8H,3,6-7H2,1-2H3,(H,13,14). The van der Waals surface area contributed by atoms with Gasteiger partial charge in [0.25, 0.3) is 0 Å². The summed E-state index contributed by atoms with van der Waals surface area (Å²) < 4.78 is 6.79. The summed E-state index contributed by atoms with van der Waals surface area (Å²) in [5.74, 6) is -0.962. The van der Waals surface area contributed by atoms with Crippen LogP contribution in [0.4, 0.5) is 0 Å². The van der Waals surface area contributed by atoms with Crippen molar-refractivity contribution in [3.8, 4) is 0 Å². The van der Waals surface area contributed by atoms with Crippen molar-refractivity contribution in [2.24, 2.45) is 0 Å². The van der Waals surface area contributed by atoms with E-state index in [1.54, 1.807) is 0 Å². The number of carboxylic acids is 1. The maximum absolute atomic E-state index is 10.2. The van der Waals surface area contributed by atoms with Crippen LogP contribution in [0.3, 0.4) is 0 Å². The van der Waals surface area contributed by atoms with Gasteiger partial charge in [-0.2, -0.15) is 5.10 Å². The van der Waals surface area contributed by atoms with Crippen LogP contribution in [0, 0.1) is 0 Å². The molecule has 5 nitrogen and oxygen atoms in total. The van der Waals surface area contributed by atoms with Crippen molar-refractivity contribution < 1.29 is 14.6 Å². The quantitative estimate of drug-likeness (QED) is 0.775. The van der Waals surface area contributed by atoms with E-state index in [2.05, 4.69) is 18.9 Å². The third-order valence-corrected chi connectivity index (χ3v) is 2.18. The number of rotatable bonds is 6. The van der Waals surface area contributed by atoms with Crippen LogP contribution in [0.2, 0.25) is 0 Å². The van der Waals surface area contributed by atoms with Crippen molar-refractivity contribution in [3.05, 3.63) is 18.0 Å². The van der Waals surface area contributed by atoms with Gasteiger partial charge in [-0.15, -0.1) is 0 Å². The van der Waals surface area contributed by atoms with Crippen LogP contribution >= 0.6 is 0 Å². The van der Waals surface area contributed by atoms with E-state index in [-0.39, 0.29) is 13.2 Å². The van der Waals surface area contributed by atoms with Crippen molar-refractivity contribution in [1.82, 2.24) is 9.78 Å². The molecule has 15 heavy (non-hydrogen) atoms. The molecule has 0 fully saturated rings. The molecule has 1 N–H and O–H groups in total. The SMILES string of the molecule is CCC(C)n1ccc(COCC(=O)O)n1. The van der Waals surface area contributed by atoms with Gasteiger partial charge in [0.1, 0.15) is 6.61 Å². The zero-order valence-corrected chi connectivity index (χ0v) is 9.01. The molecule has 0 radical (unpaired) electrons. The first-order valence-corrected chi connectivity index (χ1v) is 4.97. The molecule has 0 saturated carbocycles. The Morgan fingerprint density at radius 3 is 3.07 bits per heavy atom. The third kappa shape index (κ3) is 3.71. The number of carboxylic acid groups (broad SMARTS) is 1. The second kappa shape index (κ2) is 5.50. The van der Waals surface area contributed by atoms with Gasteiger partial charge in [0.2, 0.25) is 0 Å². The highest BCUT2D eigenvalue weighted by Gasteiger charge is 2.05. The van der Waals surface area contributed by atoms with Crippen LogP contribution in [0.1, 0.15) is 32.0 Å². The molecule has 0 saturated heterocycles. The first kappa shape index (κ1) is 11.7. The topological polar surface area (TPSA) is 64.3 Å². The molecule has 5 heteroatoms. The average Bonchev–Trinajstić information content (AvgIpc) is 2.65. The van der Waals surface area contributed by atoms with Gasteiger partial charge in [0, 0.05) is 12.2 Å². The summed E-state index contributed by atoms with van der Waals surface area (Å²) in [6.07, 6.45) is 2.89. The Balaban J connectivity index is 2.42. The molecular formula is C10H16N2O3. The van der Waals surface area contributed by atoms with Crippen molar-refractivity contribution >= 4 is 5.97 Å². The second-order valence-corrected chi connectivity index (χ2v) is 3.43. The summed E-state index contributed by atoms with van der Waals surface area (Å²) in [5.41, 5.74) is 0.761. The van der Waals surface area contributed by atoms with Crippen molar-refractivity contribution in [1.29, 1.82) is 0 Å². The Morgan fingerprint density at radius 2 is 2.47 bits per heavy atom. The summed E-state index contributed by atoms with van der Waals surface area (Å²) in [6.45, 7) is 4.13. The van der Waals surface area contributed by atoms with Crippen molar-refractivity contribution in [3.63, 3.8) is 0 Å². The molecule has 0 aliphatic carbocycles. The highest BCUT2D eigenvalue weighted by molar-refractivity contribution is 5.67. The Morgan fingerprint density at radius 1 is 1.73 bits per heavy atom. The van der Waals surface area contributed by atoms with Gasteiger partial charge in [-0.1, -0.05) is 6.92 Å². The predicted molar refractivity (Wildman–Crippen MR) is 54.5 cm³/mol.